The molecule has 1 aromatic carbocycles. The normalized spacial score (nSPS) is 12.6. The van der Waals surface area contributed by atoms with Gasteiger partial charge in [0.25, 0.3) is 0 Å². The first-order chi connectivity index (χ1) is 6.60. The molecule has 78 valence electrons. The number of benzene rings is 1. The molecule has 0 heterocycles. The molecule has 0 radical (unpaired) electrons. The van der Waals surface area contributed by atoms with E-state index in [0.29, 0.717) is 11.4 Å². The first-order valence-corrected chi connectivity index (χ1v) is 4.79. The van der Waals surface area contributed by atoms with Crippen LogP contribution in [-0.4, -0.2) is 7.11 Å². The van der Waals surface area contributed by atoms with E-state index in [2.05, 4.69) is 6.92 Å². The van der Waals surface area contributed by atoms with Crippen LogP contribution in [-0.2, 0) is 0 Å². The van der Waals surface area contributed by atoms with Gasteiger partial charge in [-0.3, -0.25) is 0 Å². The van der Waals surface area contributed by atoms with E-state index < -0.39 is 0 Å². The van der Waals surface area contributed by atoms with E-state index in [0.717, 1.165) is 17.5 Å². The summed E-state index contributed by atoms with van der Waals surface area (Å²) in [6, 6.07) is 3.99. The molecular weight excluding hydrogens is 176 g/mol. The molecule has 0 bridgehead atoms. The van der Waals surface area contributed by atoms with Crippen molar-refractivity contribution in [1.82, 2.24) is 0 Å². The molecule has 0 amide bonds. The Hall–Kier alpha value is -1.22. The number of anilines is 1. The molecule has 0 fully saturated rings. The highest BCUT2D eigenvalue weighted by Crippen LogP contribution is 2.29. The van der Waals surface area contributed by atoms with Crippen LogP contribution in [0.5, 0.6) is 5.75 Å². The van der Waals surface area contributed by atoms with Gasteiger partial charge in [0, 0.05) is 6.04 Å². The second-order valence-corrected chi connectivity index (χ2v) is 3.47. The quantitative estimate of drug-likeness (QED) is 0.723. The van der Waals surface area contributed by atoms with E-state index in [4.69, 9.17) is 16.2 Å². The van der Waals surface area contributed by atoms with Crippen LogP contribution in [0.3, 0.4) is 0 Å². The lowest BCUT2D eigenvalue weighted by atomic mass is 10.0. The lowest BCUT2D eigenvalue weighted by Gasteiger charge is -2.14. The molecule has 0 spiro atoms. The van der Waals surface area contributed by atoms with E-state index in [1.807, 2.05) is 19.1 Å². The standard InChI is InChI=1S/C11H18N2O/c1-4-9(12)8-5-7(2)11(13)10(6-8)14-3/h5-6,9H,4,12-13H2,1-3H3. The van der Waals surface area contributed by atoms with Crippen molar-refractivity contribution in [2.24, 2.45) is 5.73 Å². The van der Waals surface area contributed by atoms with E-state index in [9.17, 15) is 0 Å². The predicted octanol–water partition coefficient (Wildman–Crippen LogP) is 2.00. The Morgan fingerprint density at radius 2 is 2.07 bits per heavy atom. The fourth-order valence-corrected chi connectivity index (χ4v) is 1.41. The van der Waals surface area contributed by atoms with Gasteiger partial charge in [0.05, 0.1) is 12.8 Å². The third-order valence-corrected chi connectivity index (χ3v) is 2.46. The van der Waals surface area contributed by atoms with Gasteiger partial charge in [-0.25, -0.2) is 0 Å². The van der Waals surface area contributed by atoms with Crippen LogP contribution in [0.2, 0.25) is 0 Å². The van der Waals surface area contributed by atoms with Crippen LogP contribution in [0.4, 0.5) is 5.69 Å². The van der Waals surface area contributed by atoms with Crippen LogP contribution < -0.4 is 16.2 Å². The Balaban J connectivity index is 3.16. The summed E-state index contributed by atoms with van der Waals surface area (Å²) in [5.74, 6) is 0.712. The van der Waals surface area contributed by atoms with Crippen molar-refractivity contribution in [2.75, 3.05) is 12.8 Å². The molecule has 1 unspecified atom stereocenters. The van der Waals surface area contributed by atoms with Crippen molar-refractivity contribution in [3.63, 3.8) is 0 Å². The summed E-state index contributed by atoms with van der Waals surface area (Å²) in [7, 11) is 1.62. The first kappa shape index (κ1) is 10.9. The Labute approximate surface area is 85.0 Å². The van der Waals surface area contributed by atoms with Crippen LogP contribution in [0.1, 0.15) is 30.5 Å². The smallest absolute Gasteiger partial charge is 0.142 e. The summed E-state index contributed by atoms with van der Waals surface area (Å²) in [6.07, 6.45) is 0.909. The maximum absolute atomic E-state index is 5.94. The van der Waals surface area contributed by atoms with Gasteiger partial charge >= 0.3 is 0 Å². The van der Waals surface area contributed by atoms with Crippen LogP contribution in [0.25, 0.3) is 0 Å². The van der Waals surface area contributed by atoms with Crippen LogP contribution in [0, 0.1) is 6.92 Å². The number of nitrogen functional groups attached to an aromatic ring is 1. The summed E-state index contributed by atoms with van der Waals surface area (Å²) in [4.78, 5) is 0. The Morgan fingerprint density at radius 3 is 2.57 bits per heavy atom. The zero-order valence-electron chi connectivity index (χ0n) is 9.00. The monoisotopic (exact) mass is 194 g/mol. The lowest BCUT2D eigenvalue weighted by Crippen LogP contribution is -2.09. The molecule has 0 aliphatic rings. The third kappa shape index (κ3) is 1.99. The minimum absolute atomic E-state index is 0.0585. The summed E-state index contributed by atoms with van der Waals surface area (Å²) in [5, 5.41) is 0. The van der Waals surface area contributed by atoms with Crippen molar-refractivity contribution in [3.8, 4) is 5.75 Å². The SMILES string of the molecule is CCC(N)c1cc(C)c(N)c(OC)c1. The Bertz CT molecular complexity index is 323. The van der Waals surface area contributed by atoms with E-state index >= 15 is 0 Å². The Kier molecular flexibility index (Phi) is 3.36. The molecule has 0 aromatic heterocycles. The van der Waals surface area contributed by atoms with Gasteiger partial charge in [-0.2, -0.15) is 0 Å². The fraction of sp³-hybridized carbons (Fsp3) is 0.455. The highest BCUT2D eigenvalue weighted by atomic mass is 16.5. The summed E-state index contributed by atoms with van der Waals surface area (Å²) in [6.45, 7) is 4.02. The predicted molar refractivity (Wildman–Crippen MR) is 59.4 cm³/mol. The second-order valence-electron chi connectivity index (χ2n) is 3.47. The largest absolute Gasteiger partial charge is 0.495 e. The van der Waals surface area contributed by atoms with Crippen LogP contribution >= 0.6 is 0 Å². The van der Waals surface area contributed by atoms with Crippen molar-refractivity contribution < 1.29 is 4.74 Å². The molecule has 0 saturated carbocycles. The van der Waals surface area contributed by atoms with Gasteiger partial charge < -0.3 is 16.2 Å². The van der Waals surface area contributed by atoms with E-state index in [1.165, 1.54) is 0 Å². The maximum atomic E-state index is 5.94. The summed E-state index contributed by atoms with van der Waals surface area (Å²) < 4.78 is 5.18. The van der Waals surface area contributed by atoms with E-state index in [-0.39, 0.29) is 6.04 Å². The molecule has 3 nitrogen and oxygen atoms in total. The van der Waals surface area contributed by atoms with E-state index in [1.54, 1.807) is 7.11 Å². The minimum Gasteiger partial charge on any atom is -0.495 e. The number of hydrogen-bond acceptors (Lipinski definition) is 3. The van der Waals surface area contributed by atoms with Crippen molar-refractivity contribution in [2.45, 2.75) is 26.3 Å². The minimum atomic E-state index is 0.0585. The topological polar surface area (TPSA) is 61.3 Å². The molecule has 4 N–H and O–H groups in total. The zero-order valence-corrected chi connectivity index (χ0v) is 9.00. The van der Waals surface area contributed by atoms with Crippen molar-refractivity contribution in [3.05, 3.63) is 23.3 Å². The number of ether oxygens (including phenoxy) is 1. The molecule has 14 heavy (non-hydrogen) atoms. The third-order valence-electron chi connectivity index (χ3n) is 2.46. The highest BCUT2D eigenvalue weighted by molar-refractivity contribution is 5.60. The molecule has 1 rings (SSSR count). The van der Waals surface area contributed by atoms with Gasteiger partial charge in [0.2, 0.25) is 0 Å². The Morgan fingerprint density at radius 1 is 1.43 bits per heavy atom. The summed E-state index contributed by atoms with van der Waals surface area (Å²) >= 11 is 0. The maximum Gasteiger partial charge on any atom is 0.142 e. The van der Waals surface area contributed by atoms with Crippen LogP contribution in [0.15, 0.2) is 12.1 Å². The lowest BCUT2D eigenvalue weighted by molar-refractivity contribution is 0.415. The van der Waals surface area contributed by atoms with Gasteiger partial charge in [-0.1, -0.05) is 13.0 Å². The van der Waals surface area contributed by atoms with Gasteiger partial charge in [0.15, 0.2) is 0 Å². The van der Waals surface area contributed by atoms with Gasteiger partial charge in [0.1, 0.15) is 5.75 Å². The van der Waals surface area contributed by atoms with Gasteiger partial charge in [-0.05, 0) is 30.5 Å². The summed E-state index contributed by atoms with van der Waals surface area (Å²) in [5.41, 5.74) is 14.6. The molecular formula is C11H18N2O. The average molecular weight is 194 g/mol. The number of methoxy groups -OCH3 is 1. The second kappa shape index (κ2) is 4.33. The highest BCUT2D eigenvalue weighted by Gasteiger charge is 2.09. The molecule has 0 saturated heterocycles. The molecule has 0 aliphatic carbocycles. The number of aryl methyl sites for hydroxylation is 1. The molecule has 1 atom stereocenters. The number of nitrogens with two attached hydrogens (primary N) is 2. The number of hydrogen-bond donors (Lipinski definition) is 2. The number of rotatable bonds is 3. The molecule has 3 heteroatoms. The average Bonchev–Trinajstić information content (AvgIpc) is 2.20. The zero-order chi connectivity index (χ0) is 10.7. The van der Waals surface area contributed by atoms with Crippen molar-refractivity contribution in [1.29, 1.82) is 0 Å². The van der Waals surface area contributed by atoms with Crippen molar-refractivity contribution >= 4 is 5.69 Å². The van der Waals surface area contributed by atoms with Gasteiger partial charge in [-0.15, -0.1) is 0 Å². The fourth-order valence-electron chi connectivity index (χ4n) is 1.41. The molecule has 0 aliphatic heterocycles. The first-order valence-electron chi connectivity index (χ1n) is 4.79. The molecule has 1 aromatic rings.